The van der Waals surface area contributed by atoms with Crippen LogP contribution < -0.4 is 5.32 Å². The number of nitrogens with one attached hydrogen (secondary N) is 1. The van der Waals surface area contributed by atoms with Gasteiger partial charge in [-0.15, -0.1) is 0 Å². The van der Waals surface area contributed by atoms with Gasteiger partial charge in [-0.1, -0.05) is 16.8 Å². The van der Waals surface area contributed by atoms with Crippen molar-refractivity contribution in [2.45, 2.75) is 26.3 Å². The van der Waals surface area contributed by atoms with Crippen LogP contribution in [0.3, 0.4) is 0 Å². The number of hydrogen-bond acceptors (Lipinski definition) is 5. The third-order valence-corrected chi connectivity index (χ3v) is 4.56. The average molecular weight is 444 g/mol. The predicted octanol–water partition coefficient (Wildman–Crippen LogP) is 3.14. The molecule has 1 amide bonds. The first-order valence-corrected chi connectivity index (χ1v) is 8.93. The third kappa shape index (κ3) is 5.71. The number of carbonyl (C=O) groups excluding carboxylic acids is 1. The topological polar surface area (TPSA) is 118 Å². The van der Waals surface area contributed by atoms with Crippen molar-refractivity contribution < 1.29 is 24.3 Å². The Kier molecular flexibility index (Phi) is 8.50. The SMILES string of the molecule is CCn1cc(NC(=O)CCc2onc(-c3ccc(O)cc3)c2Cl)c(C(=O)O)c1.[KH]. The second-order valence-corrected chi connectivity index (χ2v) is 6.46. The molecule has 0 aliphatic heterocycles. The summed E-state index contributed by atoms with van der Waals surface area (Å²) < 4.78 is 6.92. The molecule has 29 heavy (non-hydrogen) atoms. The van der Waals surface area contributed by atoms with Crippen LogP contribution in [0.2, 0.25) is 5.02 Å². The van der Waals surface area contributed by atoms with Crippen molar-refractivity contribution in [2.75, 3.05) is 5.32 Å². The van der Waals surface area contributed by atoms with Gasteiger partial charge in [0.05, 0.1) is 5.69 Å². The molecular formula is C19H19ClKN3O5. The third-order valence-electron chi connectivity index (χ3n) is 4.17. The van der Waals surface area contributed by atoms with Crippen LogP contribution in [-0.2, 0) is 17.8 Å². The number of benzene rings is 1. The minimum atomic E-state index is -1.11. The fourth-order valence-electron chi connectivity index (χ4n) is 2.67. The number of nitrogens with zero attached hydrogens (tertiary/aromatic N) is 2. The van der Waals surface area contributed by atoms with E-state index in [1.165, 1.54) is 18.3 Å². The summed E-state index contributed by atoms with van der Waals surface area (Å²) in [5.74, 6) is -1.00. The van der Waals surface area contributed by atoms with E-state index >= 15 is 0 Å². The van der Waals surface area contributed by atoms with Gasteiger partial charge in [0.2, 0.25) is 5.91 Å². The van der Waals surface area contributed by atoms with Crippen molar-refractivity contribution in [3.63, 3.8) is 0 Å². The Morgan fingerprint density at radius 1 is 1.24 bits per heavy atom. The average Bonchev–Trinajstić information content (AvgIpc) is 3.24. The van der Waals surface area contributed by atoms with E-state index in [9.17, 15) is 19.8 Å². The molecule has 1 aromatic carbocycles. The molecule has 0 aliphatic rings. The number of aromatic carboxylic acids is 1. The zero-order valence-corrected chi connectivity index (χ0v) is 15.7. The Morgan fingerprint density at radius 2 is 1.93 bits per heavy atom. The number of amides is 1. The number of rotatable bonds is 7. The number of aromatic nitrogens is 2. The van der Waals surface area contributed by atoms with Crippen LogP contribution in [0.5, 0.6) is 5.75 Å². The van der Waals surface area contributed by atoms with Crippen LogP contribution >= 0.6 is 11.6 Å². The molecule has 0 unspecified atom stereocenters. The summed E-state index contributed by atoms with van der Waals surface area (Å²) in [4.78, 5) is 23.5. The first kappa shape index (κ1) is 23.7. The first-order valence-electron chi connectivity index (χ1n) is 8.55. The Bertz CT molecular complexity index is 1010. The second kappa shape index (κ2) is 10.4. The van der Waals surface area contributed by atoms with Crippen molar-refractivity contribution in [1.82, 2.24) is 9.72 Å². The number of anilines is 1. The summed E-state index contributed by atoms with van der Waals surface area (Å²) in [5.41, 5.74) is 1.37. The van der Waals surface area contributed by atoms with E-state index in [4.69, 9.17) is 16.1 Å². The fraction of sp³-hybridized carbons (Fsp3) is 0.211. The molecule has 0 spiro atoms. The normalized spacial score (nSPS) is 10.4. The first-order chi connectivity index (χ1) is 13.4. The second-order valence-electron chi connectivity index (χ2n) is 6.08. The van der Waals surface area contributed by atoms with Gasteiger partial charge in [-0.2, -0.15) is 0 Å². The molecule has 3 N–H and O–H groups in total. The number of hydrogen-bond donors (Lipinski definition) is 3. The number of halogens is 1. The standard InChI is InChI=1S/C19H18ClN3O5.K.H/c1-2-23-9-13(19(26)27)14(10-23)21-16(25)8-7-15-17(20)18(22-28-15)11-3-5-12(24)6-4-11;;/h3-6,9-10,24H,2,7-8H2,1H3,(H,21,25)(H,26,27);;. The van der Waals surface area contributed by atoms with Crippen LogP contribution in [0.1, 0.15) is 29.5 Å². The number of aromatic hydroxyl groups is 1. The Labute approximate surface area is 214 Å². The summed E-state index contributed by atoms with van der Waals surface area (Å²) >= 11 is 6.30. The molecule has 8 nitrogen and oxygen atoms in total. The van der Waals surface area contributed by atoms with E-state index in [0.29, 0.717) is 28.6 Å². The molecule has 2 aromatic heterocycles. The summed E-state index contributed by atoms with van der Waals surface area (Å²) in [7, 11) is 0. The van der Waals surface area contributed by atoms with E-state index in [2.05, 4.69) is 10.5 Å². The van der Waals surface area contributed by atoms with E-state index < -0.39 is 5.97 Å². The van der Waals surface area contributed by atoms with Gasteiger partial charge in [-0.25, -0.2) is 4.79 Å². The number of carboxylic acid groups (broad SMARTS) is 1. The number of carboxylic acids is 1. The number of phenolic OH excluding ortho intramolecular Hbond substituents is 1. The zero-order valence-electron chi connectivity index (χ0n) is 15.0. The van der Waals surface area contributed by atoms with Gasteiger partial charge in [0, 0.05) is 37.3 Å². The predicted molar refractivity (Wildman–Crippen MR) is 110 cm³/mol. The van der Waals surface area contributed by atoms with Gasteiger partial charge in [0.1, 0.15) is 22.0 Å². The molecule has 0 bridgehead atoms. The van der Waals surface area contributed by atoms with E-state index in [1.54, 1.807) is 22.9 Å². The van der Waals surface area contributed by atoms with Gasteiger partial charge >= 0.3 is 57.4 Å². The maximum absolute atomic E-state index is 12.2. The van der Waals surface area contributed by atoms with Crippen LogP contribution in [0.25, 0.3) is 11.3 Å². The van der Waals surface area contributed by atoms with E-state index in [-0.39, 0.29) is 87.1 Å². The number of aryl methyl sites for hydroxylation is 2. The summed E-state index contributed by atoms with van der Waals surface area (Å²) in [6.45, 7) is 2.46. The Morgan fingerprint density at radius 3 is 2.55 bits per heavy atom. The van der Waals surface area contributed by atoms with Crippen LogP contribution in [-0.4, -0.2) is 83.2 Å². The quantitative estimate of drug-likeness (QED) is 0.483. The molecule has 3 aromatic rings. The molecule has 0 atom stereocenters. The van der Waals surface area contributed by atoms with Crippen LogP contribution in [0.15, 0.2) is 41.2 Å². The molecular weight excluding hydrogens is 425 g/mol. The molecule has 2 heterocycles. The monoisotopic (exact) mass is 443 g/mol. The Balaban J connectivity index is 0.00000300. The summed E-state index contributed by atoms with van der Waals surface area (Å²) in [6, 6.07) is 6.33. The number of carbonyl (C=O) groups is 2. The Hall–Kier alpha value is -1.62. The number of phenols is 1. The molecule has 0 saturated carbocycles. The van der Waals surface area contributed by atoms with Crippen molar-refractivity contribution in [3.05, 3.63) is 53.0 Å². The fourth-order valence-corrected chi connectivity index (χ4v) is 2.94. The molecule has 148 valence electrons. The van der Waals surface area contributed by atoms with Gasteiger partial charge in [-0.3, -0.25) is 4.79 Å². The van der Waals surface area contributed by atoms with Gasteiger partial charge in [-0.05, 0) is 31.2 Å². The summed E-state index contributed by atoms with van der Waals surface area (Å²) in [6.07, 6.45) is 3.29. The molecule has 3 rings (SSSR count). The van der Waals surface area contributed by atoms with Crippen molar-refractivity contribution in [1.29, 1.82) is 0 Å². The minimum absolute atomic E-state index is 0. The molecule has 10 heteroatoms. The summed E-state index contributed by atoms with van der Waals surface area (Å²) in [5, 5.41) is 25.4. The molecule has 0 radical (unpaired) electrons. The van der Waals surface area contributed by atoms with Gasteiger partial charge in [0.25, 0.3) is 0 Å². The van der Waals surface area contributed by atoms with Crippen molar-refractivity contribution in [2.24, 2.45) is 0 Å². The van der Waals surface area contributed by atoms with Gasteiger partial charge < -0.3 is 24.6 Å². The van der Waals surface area contributed by atoms with Gasteiger partial charge in [0.15, 0.2) is 5.76 Å². The molecule has 0 aliphatic carbocycles. The zero-order chi connectivity index (χ0) is 20.3. The molecule has 0 fully saturated rings. The van der Waals surface area contributed by atoms with E-state index in [1.807, 2.05) is 6.92 Å². The van der Waals surface area contributed by atoms with Crippen LogP contribution in [0.4, 0.5) is 5.69 Å². The van der Waals surface area contributed by atoms with Crippen molar-refractivity contribution in [3.8, 4) is 17.0 Å². The maximum atomic E-state index is 12.2. The molecule has 0 saturated heterocycles. The van der Waals surface area contributed by atoms with Crippen LogP contribution in [0, 0.1) is 0 Å². The van der Waals surface area contributed by atoms with E-state index in [0.717, 1.165) is 0 Å². The van der Waals surface area contributed by atoms with Crippen molar-refractivity contribution >= 4 is 80.5 Å².